The number of hydrogen-bond donors (Lipinski definition) is 2. The summed E-state index contributed by atoms with van der Waals surface area (Å²) in [5, 5.41) is 2.74. The molecule has 40 heavy (non-hydrogen) atoms. The van der Waals surface area contributed by atoms with Gasteiger partial charge in [0.05, 0.1) is 24.5 Å². The number of hydrogen-bond acceptors (Lipinski definition) is 10. The molecular formula is C26H33F2N9O3. The smallest absolute Gasteiger partial charge is 0.321 e. The minimum Gasteiger partial charge on any atom is -0.489 e. The molecule has 1 aliphatic heterocycles. The van der Waals surface area contributed by atoms with E-state index in [1.54, 1.807) is 12.5 Å². The number of nitrogens with zero attached hydrogens (tertiary/aromatic N) is 7. The van der Waals surface area contributed by atoms with Gasteiger partial charge < -0.3 is 30.0 Å². The predicted molar refractivity (Wildman–Crippen MR) is 142 cm³/mol. The molecule has 1 aliphatic carbocycles. The number of aryl methyl sites for hydroxylation is 1. The first-order valence-electron chi connectivity index (χ1n) is 13.3. The summed E-state index contributed by atoms with van der Waals surface area (Å²) in [7, 11) is 1.90. The lowest BCUT2D eigenvalue weighted by molar-refractivity contribution is 0.0835. The average Bonchev–Trinajstić information content (AvgIpc) is 3.30. The fourth-order valence-electron chi connectivity index (χ4n) is 4.39. The van der Waals surface area contributed by atoms with E-state index >= 15 is 0 Å². The van der Waals surface area contributed by atoms with Crippen LogP contribution in [-0.4, -0.2) is 73.7 Å². The molecule has 1 saturated carbocycles. The summed E-state index contributed by atoms with van der Waals surface area (Å²) < 4.78 is 40.0. The zero-order valence-electron chi connectivity index (χ0n) is 22.7. The van der Waals surface area contributed by atoms with Crippen molar-refractivity contribution in [1.29, 1.82) is 0 Å². The summed E-state index contributed by atoms with van der Waals surface area (Å²) in [6, 6.07) is 1.57. The Morgan fingerprint density at radius 3 is 2.58 bits per heavy atom. The van der Waals surface area contributed by atoms with Crippen LogP contribution >= 0.6 is 0 Å². The Labute approximate surface area is 230 Å². The predicted octanol–water partition coefficient (Wildman–Crippen LogP) is 2.72. The fourth-order valence-corrected chi connectivity index (χ4v) is 4.39. The highest BCUT2D eigenvalue weighted by atomic mass is 19.3. The van der Waals surface area contributed by atoms with Crippen LogP contribution < -0.4 is 25.4 Å². The van der Waals surface area contributed by atoms with Crippen LogP contribution in [0.1, 0.15) is 43.7 Å². The highest BCUT2D eigenvalue weighted by Crippen LogP contribution is 2.48. The molecule has 4 heterocycles. The molecule has 3 aromatic heterocycles. The number of pyridine rings is 1. The molecule has 0 unspecified atom stereocenters. The van der Waals surface area contributed by atoms with E-state index in [1.165, 1.54) is 0 Å². The van der Waals surface area contributed by atoms with Gasteiger partial charge >= 0.3 is 6.01 Å². The number of carbonyl (C=O) groups is 1. The Morgan fingerprint density at radius 1 is 1.18 bits per heavy atom. The van der Waals surface area contributed by atoms with E-state index in [2.05, 4.69) is 30.2 Å². The number of halogens is 2. The quantitative estimate of drug-likeness (QED) is 0.381. The number of nitrogens with one attached hydrogen (secondary N) is 1. The molecule has 0 aromatic carbocycles. The molecule has 3 aromatic rings. The number of carbonyl (C=O) groups excluding carboxylic acids is 1. The van der Waals surface area contributed by atoms with Crippen molar-refractivity contribution in [3.05, 3.63) is 30.6 Å². The summed E-state index contributed by atoms with van der Waals surface area (Å²) in [5.41, 5.74) is 7.65. The Hall–Kier alpha value is -4.10. The fraction of sp³-hybridized carbons (Fsp3) is 0.538. The lowest BCUT2D eigenvalue weighted by Crippen LogP contribution is -2.38. The second kappa shape index (κ2) is 11.2. The molecule has 5 rings (SSSR count). The van der Waals surface area contributed by atoms with Crippen molar-refractivity contribution in [2.75, 3.05) is 36.9 Å². The van der Waals surface area contributed by atoms with Crippen molar-refractivity contribution >= 4 is 17.7 Å². The van der Waals surface area contributed by atoms with E-state index in [0.29, 0.717) is 31.3 Å². The molecule has 1 amide bonds. The number of aromatic nitrogens is 6. The molecule has 14 heteroatoms. The first kappa shape index (κ1) is 27.5. The third-order valence-corrected chi connectivity index (χ3v) is 6.85. The maximum atomic E-state index is 13.3. The molecule has 2 fully saturated rings. The van der Waals surface area contributed by atoms with Gasteiger partial charge in [-0.1, -0.05) is 0 Å². The Balaban J connectivity index is 1.21. The maximum Gasteiger partial charge on any atom is 0.321 e. The largest absolute Gasteiger partial charge is 0.489 e. The van der Waals surface area contributed by atoms with E-state index in [0.717, 1.165) is 24.1 Å². The van der Waals surface area contributed by atoms with Gasteiger partial charge in [0.2, 0.25) is 11.8 Å². The highest BCUT2D eigenvalue weighted by molar-refractivity contribution is 5.90. The molecule has 12 nitrogen and oxygen atoms in total. The molecule has 3 N–H and O–H groups in total. The van der Waals surface area contributed by atoms with Crippen LogP contribution in [0.15, 0.2) is 24.8 Å². The van der Waals surface area contributed by atoms with Crippen molar-refractivity contribution < 1.29 is 23.0 Å². The average molecular weight is 558 g/mol. The maximum absolute atomic E-state index is 13.3. The van der Waals surface area contributed by atoms with Crippen LogP contribution in [0.25, 0.3) is 11.3 Å². The molecule has 0 spiro atoms. The summed E-state index contributed by atoms with van der Waals surface area (Å²) in [6.45, 7) is 5.07. The van der Waals surface area contributed by atoms with E-state index in [1.807, 2.05) is 42.6 Å². The summed E-state index contributed by atoms with van der Waals surface area (Å²) in [5.74, 6) is -2.86. The molecule has 0 radical (unpaired) electrons. The number of rotatable bonds is 10. The van der Waals surface area contributed by atoms with Gasteiger partial charge in [0.15, 0.2) is 11.6 Å². The van der Waals surface area contributed by atoms with Crippen molar-refractivity contribution in [2.45, 2.75) is 45.1 Å². The van der Waals surface area contributed by atoms with Crippen LogP contribution in [0.3, 0.4) is 0 Å². The van der Waals surface area contributed by atoms with Crippen molar-refractivity contribution in [1.82, 2.24) is 34.8 Å². The third-order valence-electron chi connectivity index (χ3n) is 6.85. The number of amides is 1. The van der Waals surface area contributed by atoms with Gasteiger partial charge in [-0.25, -0.2) is 18.7 Å². The van der Waals surface area contributed by atoms with Gasteiger partial charge in [0, 0.05) is 50.6 Å². The number of imidazole rings is 1. The summed E-state index contributed by atoms with van der Waals surface area (Å²) in [4.78, 5) is 35.9. The third kappa shape index (κ3) is 6.54. The summed E-state index contributed by atoms with van der Waals surface area (Å²) in [6.07, 6.45) is 6.60. The van der Waals surface area contributed by atoms with E-state index < -0.39 is 17.7 Å². The number of piperidine rings is 1. The Kier molecular flexibility index (Phi) is 7.68. The van der Waals surface area contributed by atoms with Gasteiger partial charge in [-0.05, 0) is 38.7 Å². The molecule has 1 atom stereocenters. The first-order valence-corrected chi connectivity index (χ1v) is 13.3. The van der Waals surface area contributed by atoms with Gasteiger partial charge in [-0.15, -0.1) is 0 Å². The van der Waals surface area contributed by atoms with Crippen LogP contribution in [-0.2, 0) is 7.05 Å². The van der Waals surface area contributed by atoms with Crippen LogP contribution in [0.2, 0.25) is 0 Å². The van der Waals surface area contributed by atoms with E-state index in [-0.39, 0.29) is 42.8 Å². The van der Waals surface area contributed by atoms with Crippen molar-refractivity contribution in [3.8, 4) is 23.0 Å². The number of alkyl halides is 2. The summed E-state index contributed by atoms with van der Waals surface area (Å²) >= 11 is 0. The van der Waals surface area contributed by atoms with Crippen molar-refractivity contribution in [3.63, 3.8) is 0 Å². The SMILES string of the molecule is CC(C)NC(=O)c1nc(OC[C@H]2CC2(F)F)nc(N2CCC(COc3cc(-c4cn(C)cn4)cnc3N)CC2)n1. The second-order valence-corrected chi connectivity index (χ2v) is 10.6. The number of ether oxygens (including phenoxy) is 2. The molecule has 2 aliphatic rings. The minimum atomic E-state index is -2.72. The van der Waals surface area contributed by atoms with Crippen LogP contribution in [0, 0.1) is 11.8 Å². The van der Waals surface area contributed by atoms with E-state index in [4.69, 9.17) is 15.2 Å². The second-order valence-electron chi connectivity index (χ2n) is 10.6. The molecule has 0 bridgehead atoms. The Morgan fingerprint density at radius 2 is 1.93 bits per heavy atom. The lowest BCUT2D eigenvalue weighted by atomic mass is 9.98. The number of anilines is 2. The lowest BCUT2D eigenvalue weighted by Gasteiger charge is -2.32. The van der Waals surface area contributed by atoms with Gasteiger partial charge in [0.1, 0.15) is 6.61 Å². The van der Waals surface area contributed by atoms with Gasteiger partial charge in [-0.2, -0.15) is 15.0 Å². The number of nitrogens with two attached hydrogens (primary N) is 1. The topological polar surface area (TPSA) is 146 Å². The monoisotopic (exact) mass is 557 g/mol. The van der Waals surface area contributed by atoms with E-state index in [9.17, 15) is 13.6 Å². The van der Waals surface area contributed by atoms with Crippen LogP contribution in [0.4, 0.5) is 20.5 Å². The zero-order valence-corrected chi connectivity index (χ0v) is 22.7. The normalized spacial score (nSPS) is 18.6. The standard InChI is InChI=1S/C26H33F2N9O3/c1-15(2)32-23(38)22-33-24(35-25(34-22)40-13-18-9-26(18,27)28)37-6-4-16(5-7-37)12-39-20-8-17(10-30-21(20)29)19-11-36(3)14-31-19/h8,10-11,14-16,18H,4-7,9,12-13H2,1-3H3,(H2,29,30)(H,32,38)/t18-/m1/s1. The van der Waals surface area contributed by atoms with Crippen LogP contribution in [0.5, 0.6) is 11.8 Å². The number of nitrogen functional groups attached to an aromatic ring is 1. The highest BCUT2D eigenvalue weighted by Gasteiger charge is 2.57. The van der Waals surface area contributed by atoms with Gasteiger partial charge in [0.25, 0.3) is 11.8 Å². The molecular weight excluding hydrogens is 524 g/mol. The minimum absolute atomic E-state index is 0.113. The van der Waals surface area contributed by atoms with Gasteiger partial charge in [-0.3, -0.25) is 4.79 Å². The molecule has 1 saturated heterocycles. The first-order chi connectivity index (χ1) is 19.1. The molecule has 214 valence electrons. The Bertz CT molecular complexity index is 1360. The zero-order chi connectivity index (χ0) is 28.4. The van der Waals surface area contributed by atoms with Crippen molar-refractivity contribution in [2.24, 2.45) is 18.9 Å².